The summed E-state index contributed by atoms with van der Waals surface area (Å²) in [4.78, 5) is 10.4. The van der Waals surface area contributed by atoms with Crippen LogP contribution in [-0.2, 0) is 4.79 Å². The fourth-order valence-corrected chi connectivity index (χ4v) is 1.20. The number of hydrogen-bond donors (Lipinski definition) is 3. The Balaban J connectivity index is 3.99. The van der Waals surface area contributed by atoms with Gasteiger partial charge in [0.2, 0.25) is 0 Å². The maximum atomic E-state index is 10.4. The molecule has 3 unspecified atom stereocenters. The lowest BCUT2D eigenvalue weighted by molar-refractivity contribution is -0.138. The molecule has 0 saturated heterocycles. The van der Waals surface area contributed by atoms with E-state index < -0.39 is 22.8 Å². The molecule has 0 aromatic carbocycles. The van der Waals surface area contributed by atoms with Gasteiger partial charge in [0.15, 0.2) is 0 Å². The Bertz CT molecular complexity index is 156. The first-order valence-electron chi connectivity index (χ1n) is 3.47. The van der Waals surface area contributed by atoms with E-state index in [9.17, 15) is 4.79 Å². The smallest absolute Gasteiger partial charge is 0.322 e. The summed E-state index contributed by atoms with van der Waals surface area (Å²) < 4.78 is 0. The van der Waals surface area contributed by atoms with Crippen LogP contribution in [0.25, 0.3) is 0 Å². The molecule has 3 atom stereocenters. The number of carbonyl (C=O) groups is 1. The van der Waals surface area contributed by atoms with Crippen LogP contribution in [0.2, 0.25) is 0 Å². The third-order valence-electron chi connectivity index (χ3n) is 1.42. The summed E-state index contributed by atoms with van der Waals surface area (Å²) in [5.74, 6) is -1.15. The van der Waals surface area contributed by atoms with Crippen molar-refractivity contribution in [2.75, 3.05) is 6.54 Å². The van der Waals surface area contributed by atoms with Gasteiger partial charge in [0.25, 0.3) is 0 Å². The lowest BCUT2D eigenvalue weighted by Gasteiger charge is -2.18. The lowest BCUT2D eigenvalue weighted by Crippen LogP contribution is -2.43. The topological polar surface area (TPSA) is 89.3 Å². The van der Waals surface area contributed by atoms with Crippen LogP contribution in [-0.4, -0.2) is 34.4 Å². The Kier molecular flexibility index (Phi) is 5.57. The van der Waals surface area contributed by atoms with Crippen LogP contribution in [0.4, 0.5) is 0 Å². The van der Waals surface area contributed by atoms with Crippen molar-refractivity contribution in [1.29, 1.82) is 0 Å². The van der Waals surface area contributed by atoms with Crippen LogP contribution < -0.4 is 11.5 Å². The van der Waals surface area contributed by atoms with E-state index in [4.69, 9.17) is 39.8 Å². The number of alkyl halides is 2. The van der Waals surface area contributed by atoms with Gasteiger partial charge < -0.3 is 16.6 Å². The zero-order valence-electron chi connectivity index (χ0n) is 6.41. The SMILES string of the molecule is NCCC(Cl)C(Cl)C(N)C(=O)O. The quantitative estimate of drug-likeness (QED) is 0.561. The van der Waals surface area contributed by atoms with Gasteiger partial charge in [-0.3, -0.25) is 4.79 Å². The Labute approximate surface area is 80.8 Å². The van der Waals surface area contributed by atoms with Crippen LogP contribution in [0, 0.1) is 0 Å². The molecule has 72 valence electrons. The third kappa shape index (κ3) is 3.58. The predicted molar refractivity (Wildman–Crippen MR) is 48.6 cm³/mol. The van der Waals surface area contributed by atoms with Gasteiger partial charge >= 0.3 is 5.97 Å². The number of hydrogen-bond acceptors (Lipinski definition) is 3. The molecule has 0 amide bonds. The molecule has 12 heavy (non-hydrogen) atoms. The molecule has 0 aliphatic carbocycles. The molecule has 5 N–H and O–H groups in total. The second kappa shape index (κ2) is 5.59. The highest BCUT2D eigenvalue weighted by Gasteiger charge is 2.27. The molecular formula is C6H12Cl2N2O2. The number of rotatable bonds is 5. The van der Waals surface area contributed by atoms with Crippen molar-refractivity contribution in [1.82, 2.24) is 0 Å². The number of aliphatic carboxylic acids is 1. The number of nitrogens with two attached hydrogens (primary N) is 2. The van der Waals surface area contributed by atoms with E-state index in [1.807, 2.05) is 0 Å². The normalized spacial score (nSPS) is 18.3. The summed E-state index contributed by atoms with van der Waals surface area (Å²) in [6, 6.07) is -1.14. The Morgan fingerprint density at radius 2 is 2.00 bits per heavy atom. The van der Waals surface area contributed by atoms with Crippen molar-refractivity contribution in [3.8, 4) is 0 Å². The lowest BCUT2D eigenvalue weighted by atomic mass is 10.1. The molecule has 0 spiro atoms. The number of halogens is 2. The van der Waals surface area contributed by atoms with E-state index in [-0.39, 0.29) is 0 Å². The summed E-state index contributed by atoms with van der Waals surface area (Å²) in [5, 5.41) is 7.19. The predicted octanol–water partition coefficient (Wildman–Crippen LogP) is -0.0381. The zero-order valence-corrected chi connectivity index (χ0v) is 7.92. The van der Waals surface area contributed by atoms with Crippen molar-refractivity contribution in [3.63, 3.8) is 0 Å². The van der Waals surface area contributed by atoms with Crippen molar-refractivity contribution in [2.45, 2.75) is 23.2 Å². The van der Waals surface area contributed by atoms with E-state index in [2.05, 4.69) is 0 Å². The van der Waals surface area contributed by atoms with Crippen molar-refractivity contribution in [3.05, 3.63) is 0 Å². The van der Waals surface area contributed by atoms with Crippen molar-refractivity contribution < 1.29 is 9.90 Å². The largest absolute Gasteiger partial charge is 0.480 e. The molecule has 0 aliphatic heterocycles. The Morgan fingerprint density at radius 3 is 2.33 bits per heavy atom. The van der Waals surface area contributed by atoms with Gasteiger partial charge in [-0.2, -0.15) is 0 Å². The zero-order chi connectivity index (χ0) is 9.72. The van der Waals surface area contributed by atoms with Gasteiger partial charge in [-0.15, -0.1) is 23.2 Å². The molecule has 0 saturated carbocycles. The summed E-state index contributed by atoms with van der Waals surface area (Å²) in [6.45, 7) is 0.365. The molecule has 6 heteroatoms. The van der Waals surface area contributed by atoms with E-state index in [1.54, 1.807) is 0 Å². The fraction of sp³-hybridized carbons (Fsp3) is 0.833. The molecule has 0 heterocycles. The van der Waals surface area contributed by atoms with E-state index in [1.165, 1.54) is 0 Å². The standard InChI is InChI=1S/C6H12Cl2N2O2/c7-3(1-2-9)4(8)5(10)6(11)12/h3-5H,1-2,9-10H2,(H,11,12). The van der Waals surface area contributed by atoms with Gasteiger partial charge in [-0.1, -0.05) is 0 Å². The fourth-order valence-electron chi connectivity index (χ4n) is 0.680. The van der Waals surface area contributed by atoms with Crippen LogP contribution in [0.15, 0.2) is 0 Å². The average Bonchev–Trinajstić information content (AvgIpc) is 2.02. The highest BCUT2D eigenvalue weighted by atomic mass is 35.5. The third-order valence-corrected chi connectivity index (χ3v) is 2.61. The maximum absolute atomic E-state index is 10.4. The molecule has 0 aromatic rings. The van der Waals surface area contributed by atoms with Gasteiger partial charge in [-0.05, 0) is 13.0 Å². The minimum absolute atomic E-state index is 0.365. The second-order valence-corrected chi connectivity index (χ2v) is 3.47. The Hall–Kier alpha value is -0.0300. The van der Waals surface area contributed by atoms with E-state index in [0.717, 1.165) is 0 Å². The number of carboxylic acid groups (broad SMARTS) is 1. The van der Waals surface area contributed by atoms with Crippen LogP contribution in [0.5, 0.6) is 0 Å². The highest BCUT2D eigenvalue weighted by molar-refractivity contribution is 6.31. The molecule has 0 aromatic heterocycles. The van der Waals surface area contributed by atoms with Gasteiger partial charge in [0.1, 0.15) is 6.04 Å². The van der Waals surface area contributed by atoms with E-state index in [0.29, 0.717) is 13.0 Å². The maximum Gasteiger partial charge on any atom is 0.322 e. The summed E-state index contributed by atoms with van der Waals surface area (Å²) >= 11 is 11.4. The summed E-state index contributed by atoms with van der Waals surface area (Å²) in [6.07, 6.45) is 0.455. The molecule has 0 bridgehead atoms. The summed E-state index contributed by atoms with van der Waals surface area (Å²) in [5.41, 5.74) is 10.4. The van der Waals surface area contributed by atoms with Gasteiger partial charge in [0.05, 0.1) is 10.8 Å². The van der Waals surface area contributed by atoms with Crippen LogP contribution in [0.1, 0.15) is 6.42 Å². The van der Waals surface area contributed by atoms with Gasteiger partial charge in [0, 0.05) is 0 Å². The first-order valence-corrected chi connectivity index (χ1v) is 4.34. The second-order valence-electron chi connectivity index (χ2n) is 2.40. The van der Waals surface area contributed by atoms with Gasteiger partial charge in [-0.25, -0.2) is 0 Å². The molecule has 0 aliphatic rings. The van der Waals surface area contributed by atoms with Crippen molar-refractivity contribution in [2.24, 2.45) is 11.5 Å². The first-order chi connectivity index (χ1) is 5.50. The van der Waals surface area contributed by atoms with E-state index >= 15 is 0 Å². The van der Waals surface area contributed by atoms with Crippen LogP contribution >= 0.6 is 23.2 Å². The molecule has 0 fully saturated rings. The van der Waals surface area contributed by atoms with Crippen molar-refractivity contribution >= 4 is 29.2 Å². The van der Waals surface area contributed by atoms with Crippen LogP contribution in [0.3, 0.4) is 0 Å². The summed E-state index contributed by atoms with van der Waals surface area (Å²) in [7, 11) is 0. The average molecular weight is 215 g/mol. The highest BCUT2D eigenvalue weighted by Crippen LogP contribution is 2.15. The number of carboxylic acids is 1. The minimum atomic E-state index is -1.15. The molecule has 0 rings (SSSR count). The molecular weight excluding hydrogens is 203 g/mol. The Morgan fingerprint density at radius 1 is 1.50 bits per heavy atom. The molecule has 4 nitrogen and oxygen atoms in total. The first kappa shape index (κ1) is 12.0. The minimum Gasteiger partial charge on any atom is -0.480 e. The monoisotopic (exact) mass is 214 g/mol. The molecule has 0 radical (unpaired) electrons.